The lowest BCUT2D eigenvalue weighted by Crippen LogP contribution is -2.14. The number of sulfonamides is 1. The van der Waals surface area contributed by atoms with E-state index in [1.54, 1.807) is 24.3 Å². The third-order valence-corrected chi connectivity index (χ3v) is 4.96. The highest BCUT2D eigenvalue weighted by molar-refractivity contribution is 14.1. The van der Waals surface area contributed by atoms with Crippen LogP contribution in [0.25, 0.3) is 0 Å². The zero-order valence-corrected chi connectivity index (χ0v) is 14.1. The fourth-order valence-electron chi connectivity index (χ4n) is 1.81. The lowest BCUT2D eigenvalue weighted by molar-refractivity contribution is 0.275. The highest BCUT2D eigenvalue weighted by atomic mass is 127. The van der Waals surface area contributed by atoms with Crippen LogP contribution < -0.4 is 4.72 Å². The number of aryl methyl sites for hydroxylation is 1. The van der Waals surface area contributed by atoms with Crippen molar-refractivity contribution in [1.82, 2.24) is 0 Å². The number of anilines is 1. The molecule has 0 aliphatic rings. The van der Waals surface area contributed by atoms with Crippen molar-refractivity contribution in [2.75, 3.05) is 4.72 Å². The maximum atomic E-state index is 13.7. The van der Waals surface area contributed by atoms with Gasteiger partial charge in [-0.05, 0) is 71.5 Å². The van der Waals surface area contributed by atoms with Gasteiger partial charge in [0.1, 0.15) is 5.82 Å². The molecule has 0 fully saturated rings. The molecule has 0 heterocycles. The number of benzene rings is 2. The maximum absolute atomic E-state index is 13.7. The molecule has 2 rings (SSSR count). The van der Waals surface area contributed by atoms with E-state index in [9.17, 15) is 12.8 Å². The Labute approximate surface area is 136 Å². The average molecular weight is 421 g/mol. The van der Waals surface area contributed by atoms with Gasteiger partial charge in [-0.15, -0.1) is 0 Å². The van der Waals surface area contributed by atoms with Gasteiger partial charge in [0.05, 0.1) is 11.5 Å². The summed E-state index contributed by atoms with van der Waals surface area (Å²) in [6.45, 7) is 0.901. The molecule has 21 heavy (non-hydrogen) atoms. The van der Waals surface area contributed by atoms with Crippen molar-refractivity contribution in [3.05, 3.63) is 56.9 Å². The molecule has 0 aromatic heterocycles. The van der Waals surface area contributed by atoms with Gasteiger partial charge in [0, 0.05) is 14.8 Å². The fourth-order valence-corrected chi connectivity index (χ4v) is 3.36. The van der Waals surface area contributed by atoms with Gasteiger partial charge in [-0.3, -0.25) is 4.72 Å². The largest absolute Gasteiger partial charge is 0.392 e. The standard InChI is InChI=1S/C14H13FINO3S/c1-9-6-13(7-10(8-18)14(9)15)21(19,20)17-12-4-2-11(16)3-5-12/h2-7,17-18H,8H2,1H3. The summed E-state index contributed by atoms with van der Waals surface area (Å²) in [6, 6.07) is 9.20. The molecule has 112 valence electrons. The molecule has 0 spiro atoms. The van der Waals surface area contributed by atoms with Crippen molar-refractivity contribution in [2.45, 2.75) is 18.4 Å². The van der Waals surface area contributed by atoms with Gasteiger partial charge in [0.15, 0.2) is 0 Å². The van der Waals surface area contributed by atoms with Crippen LogP contribution in [0.1, 0.15) is 11.1 Å². The van der Waals surface area contributed by atoms with Gasteiger partial charge in [-0.1, -0.05) is 0 Å². The summed E-state index contributed by atoms with van der Waals surface area (Å²) in [5.41, 5.74) is 0.547. The Morgan fingerprint density at radius 3 is 2.43 bits per heavy atom. The third kappa shape index (κ3) is 3.72. The van der Waals surface area contributed by atoms with Crippen molar-refractivity contribution in [3.63, 3.8) is 0 Å². The second-order valence-corrected chi connectivity index (χ2v) is 7.41. The minimum atomic E-state index is -3.83. The predicted octanol–water partition coefficient (Wildman–Crippen LogP) is 3.03. The normalized spacial score (nSPS) is 11.4. The number of rotatable bonds is 4. The van der Waals surface area contributed by atoms with Crippen LogP contribution in [0.5, 0.6) is 0 Å². The summed E-state index contributed by atoms with van der Waals surface area (Å²) in [7, 11) is -3.83. The summed E-state index contributed by atoms with van der Waals surface area (Å²) in [6.07, 6.45) is 0. The number of aliphatic hydroxyl groups excluding tert-OH is 1. The van der Waals surface area contributed by atoms with E-state index >= 15 is 0 Å². The summed E-state index contributed by atoms with van der Waals surface area (Å²) in [5.74, 6) is -0.592. The first-order chi connectivity index (χ1) is 9.83. The van der Waals surface area contributed by atoms with E-state index in [0.717, 1.165) is 9.64 Å². The zero-order valence-electron chi connectivity index (χ0n) is 11.1. The van der Waals surface area contributed by atoms with Crippen LogP contribution in [0.4, 0.5) is 10.1 Å². The van der Waals surface area contributed by atoms with E-state index in [1.165, 1.54) is 13.0 Å². The quantitative estimate of drug-likeness (QED) is 0.747. The molecule has 4 nitrogen and oxygen atoms in total. The Morgan fingerprint density at radius 1 is 1.24 bits per heavy atom. The van der Waals surface area contributed by atoms with Gasteiger partial charge in [-0.2, -0.15) is 0 Å². The summed E-state index contributed by atoms with van der Waals surface area (Å²) in [4.78, 5) is -0.0796. The second kappa shape index (κ2) is 6.29. The first kappa shape index (κ1) is 16.2. The molecule has 0 saturated heterocycles. The van der Waals surface area contributed by atoms with E-state index < -0.39 is 22.4 Å². The van der Waals surface area contributed by atoms with E-state index in [1.807, 2.05) is 0 Å². The van der Waals surface area contributed by atoms with Crippen molar-refractivity contribution >= 4 is 38.3 Å². The van der Waals surface area contributed by atoms with Crippen molar-refractivity contribution < 1.29 is 17.9 Å². The Hall–Kier alpha value is -1.19. The summed E-state index contributed by atoms with van der Waals surface area (Å²) >= 11 is 2.12. The Kier molecular flexibility index (Phi) is 4.84. The molecule has 0 bridgehead atoms. The molecular weight excluding hydrogens is 408 g/mol. The van der Waals surface area contributed by atoms with Crippen molar-refractivity contribution in [1.29, 1.82) is 0 Å². The highest BCUT2D eigenvalue weighted by Crippen LogP contribution is 2.22. The minimum Gasteiger partial charge on any atom is -0.392 e. The topological polar surface area (TPSA) is 66.4 Å². The zero-order chi connectivity index (χ0) is 15.6. The molecule has 0 aliphatic heterocycles. The van der Waals surface area contributed by atoms with Crippen LogP contribution in [0.15, 0.2) is 41.3 Å². The first-order valence-electron chi connectivity index (χ1n) is 6.02. The molecule has 2 N–H and O–H groups in total. The minimum absolute atomic E-state index is 0.0435. The van der Waals surface area contributed by atoms with E-state index in [4.69, 9.17) is 5.11 Å². The molecule has 0 aliphatic carbocycles. The number of hydrogen-bond acceptors (Lipinski definition) is 3. The van der Waals surface area contributed by atoms with Crippen LogP contribution in [0, 0.1) is 16.3 Å². The summed E-state index contributed by atoms with van der Waals surface area (Å²) < 4.78 is 41.7. The third-order valence-electron chi connectivity index (χ3n) is 2.88. The van der Waals surface area contributed by atoms with E-state index in [0.29, 0.717) is 5.69 Å². The highest BCUT2D eigenvalue weighted by Gasteiger charge is 2.18. The van der Waals surface area contributed by atoms with Gasteiger partial charge < -0.3 is 5.11 Å². The van der Waals surface area contributed by atoms with Crippen LogP contribution >= 0.6 is 22.6 Å². The molecule has 2 aromatic carbocycles. The molecular formula is C14H13FINO3S. The molecule has 0 radical (unpaired) electrons. The molecule has 2 aromatic rings. The Morgan fingerprint density at radius 2 is 1.86 bits per heavy atom. The maximum Gasteiger partial charge on any atom is 0.261 e. The number of nitrogens with one attached hydrogen (secondary N) is 1. The Bertz CT molecular complexity index is 761. The van der Waals surface area contributed by atoms with Gasteiger partial charge in [-0.25, -0.2) is 12.8 Å². The fraction of sp³-hybridized carbons (Fsp3) is 0.143. The van der Waals surface area contributed by atoms with Crippen LogP contribution in [-0.2, 0) is 16.6 Å². The predicted molar refractivity (Wildman–Crippen MR) is 87.0 cm³/mol. The van der Waals surface area contributed by atoms with Gasteiger partial charge in [0.25, 0.3) is 10.0 Å². The number of hydrogen-bond donors (Lipinski definition) is 2. The molecule has 0 amide bonds. The molecule has 7 heteroatoms. The van der Waals surface area contributed by atoms with Crippen LogP contribution in [-0.4, -0.2) is 13.5 Å². The monoisotopic (exact) mass is 421 g/mol. The Balaban J connectivity index is 2.40. The van der Waals surface area contributed by atoms with Crippen molar-refractivity contribution in [2.24, 2.45) is 0 Å². The van der Waals surface area contributed by atoms with Gasteiger partial charge in [0.2, 0.25) is 0 Å². The second-order valence-electron chi connectivity index (χ2n) is 4.48. The number of aliphatic hydroxyl groups is 1. The van der Waals surface area contributed by atoms with Crippen LogP contribution in [0.3, 0.4) is 0 Å². The average Bonchev–Trinajstić information content (AvgIpc) is 2.44. The lowest BCUT2D eigenvalue weighted by atomic mass is 10.1. The van der Waals surface area contributed by atoms with Gasteiger partial charge >= 0.3 is 0 Å². The van der Waals surface area contributed by atoms with E-state index in [2.05, 4.69) is 27.3 Å². The first-order valence-corrected chi connectivity index (χ1v) is 8.58. The number of halogens is 2. The molecule has 0 atom stereocenters. The smallest absolute Gasteiger partial charge is 0.261 e. The van der Waals surface area contributed by atoms with E-state index in [-0.39, 0.29) is 16.0 Å². The SMILES string of the molecule is Cc1cc(S(=O)(=O)Nc2ccc(I)cc2)cc(CO)c1F. The summed E-state index contributed by atoms with van der Waals surface area (Å²) in [5, 5.41) is 9.10. The molecule has 0 unspecified atom stereocenters. The lowest BCUT2D eigenvalue weighted by Gasteiger charge is -2.11. The molecule has 0 saturated carbocycles. The van der Waals surface area contributed by atoms with Crippen molar-refractivity contribution in [3.8, 4) is 0 Å². The van der Waals surface area contributed by atoms with Crippen LogP contribution in [0.2, 0.25) is 0 Å².